The number of terminal acetylenes is 1. The fourth-order valence-corrected chi connectivity index (χ4v) is 1.55. The summed E-state index contributed by atoms with van der Waals surface area (Å²) in [5.41, 5.74) is 0.580. The lowest BCUT2D eigenvalue weighted by atomic mass is 10.3. The van der Waals surface area contributed by atoms with Gasteiger partial charge in [-0.15, -0.1) is 6.42 Å². The van der Waals surface area contributed by atoms with Crippen LogP contribution in [0.5, 0.6) is 0 Å². The topological polar surface area (TPSA) is 49.2 Å². The van der Waals surface area contributed by atoms with Gasteiger partial charge in [0.25, 0.3) is 0 Å². The molecule has 4 nitrogen and oxygen atoms in total. The quantitative estimate of drug-likeness (QED) is 0.633. The molecule has 1 aromatic heterocycles. The molecule has 1 fully saturated rings. The molecule has 1 N–H and O–H groups in total. The highest BCUT2D eigenvalue weighted by molar-refractivity contribution is 5.43. The minimum atomic E-state index is -0.251. The van der Waals surface area contributed by atoms with Crippen LogP contribution in [0.2, 0.25) is 0 Å². The molecule has 0 radical (unpaired) electrons. The van der Waals surface area contributed by atoms with E-state index in [2.05, 4.69) is 15.9 Å². The Labute approximate surface area is 82.6 Å². The molecule has 1 aliphatic rings. The lowest BCUT2D eigenvalue weighted by Crippen LogP contribution is -2.22. The van der Waals surface area contributed by atoms with E-state index in [1.54, 1.807) is 6.07 Å². The SMILES string of the molecule is C#Cc1cc(N2CCC(O)C2)ncn1. The monoisotopic (exact) mass is 189 g/mol. The molecule has 1 aromatic rings. The van der Waals surface area contributed by atoms with Gasteiger partial charge in [-0.05, 0) is 6.42 Å². The van der Waals surface area contributed by atoms with E-state index in [1.807, 2.05) is 4.90 Å². The van der Waals surface area contributed by atoms with Crippen LogP contribution in [0, 0.1) is 12.3 Å². The third kappa shape index (κ3) is 1.68. The van der Waals surface area contributed by atoms with Gasteiger partial charge in [0.05, 0.1) is 6.10 Å². The highest BCUT2D eigenvalue weighted by Gasteiger charge is 2.21. The minimum Gasteiger partial charge on any atom is -0.391 e. The van der Waals surface area contributed by atoms with Crippen LogP contribution in [0.4, 0.5) is 5.82 Å². The highest BCUT2D eigenvalue weighted by Crippen LogP contribution is 2.17. The van der Waals surface area contributed by atoms with Crippen molar-refractivity contribution in [1.29, 1.82) is 0 Å². The van der Waals surface area contributed by atoms with E-state index < -0.39 is 0 Å². The Balaban J connectivity index is 2.20. The minimum absolute atomic E-state index is 0.251. The number of rotatable bonds is 1. The summed E-state index contributed by atoms with van der Waals surface area (Å²) in [6, 6.07) is 1.76. The Morgan fingerprint density at radius 3 is 3.07 bits per heavy atom. The van der Waals surface area contributed by atoms with Gasteiger partial charge in [-0.25, -0.2) is 9.97 Å². The molecule has 4 heteroatoms. The number of hydrogen-bond donors (Lipinski definition) is 1. The second kappa shape index (κ2) is 3.64. The molecule has 0 aromatic carbocycles. The molecular weight excluding hydrogens is 178 g/mol. The van der Waals surface area contributed by atoms with Crippen molar-refractivity contribution in [3.63, 3.8) is 0 Å². The van der Waals surface area contributed by atoms with E-state index in [1.165, 1.54) is 6.33 Å². The van der Waals surface area contributed by atoms with Crippen molar-refractivity contribution in [2.24, 2.45) is 0 Å². The molecule has 14 heavy (non-hydrogen) atoms. The molecule has 0 amide bonds. The summed E-state index contributed by atoms with van der Waals surface area (Å²) in [6.45, 7) is 1.45. The van der Waals surface area contributed by atoms with Crippen LogP contribution >= 0.6 is 0 Å². The van der Waals surface area contributed by atoms with Gasteiger partial charge < -0.3 is 10.0 Å². The molecule has 2 rings (SSSR count). The summed E-state index contributed by atoms with van der Waals surface area (Å²) in [5.74, 6) is 3.26. The zero-order chi connectivity index (χ0) is 9.97. The number of aliphatic hydroxyl groups excluding tert-OH is 1. The van der Waals surface area contributed by atoms with Gasteiger partial charge in [0, 0.05) is 19.2 Å². The maximum absolute atomic E-state index is 9.36. The Kier molecular flexibility index (Phi) is 2.33. The second-order valence-corrected chi connectivity index (χ2v) is 3.29. The molecule has 1 atom stereocenters. The van der Waals surface area contributed by atoms with Gasteiger partial charge in [-0.3, -0.25) is 0 Å². The molecular formula is C10H11N3O. The predicted octanol–water partition coefficient (Wildman–Crippen LogP) is 0.0289. The number of aromatic nitrogens is 2. The van der Waals surface area contributed by atoms with Gasteiger partial charge in [-0.1, -0.05) is 5.92 Å². The highest BCUT2D eigenvalue weighted by atomic mass is 16.3. The second-order valence-electron chi connectivity index (χ2n) is 3.29. The smallest absolute Gasteiger partial charge is 0.133 e. The Hall–Kier alpha value is -1.60. The van der Waals surface area contributed by atoms with E-state index in [9.17, 15) is 5.11 Å². The van der Waals surface area contributed by atoms with Crippen LogP contribution in [0.1, 0.15) is 12.1 Å². The van der Waals surface area contributed by atoms with Gasteiger partial charge in [0.15, 0.2) is 0 Å². The molecule has 2 heterocycles. The van der Waals surface area contributed by atoms with Gasteiger partial charge in [-0.2, -0.15) is 0 Å². The molecule has 1 unspecified atom stereocenters. The third-order valence-corrected chi connectivity index (χ3v) is 2.29. The number of anilines is 1. The molecule has 1 aliphatic heterocycles. The van der Waals surface area contributed by atoms with E-state index in [4.69, 9.17) is 6.42 Å². The first kappa shape index (κ1) is 8.97. The van der Waals surface area contributed by atoms with Crippen molar-refractivity contribution in [2.45, 2.75) is 12.5 Å². The van der Waals surface area contributed by atoms with Crippen molar-refractivity contribution < 1.29 is 5.11 Å². The van der Waals surface area contributed by atoms with Crippen LogP contribution in [0.15, 0.2) is 12.4 Å². The summed E-state index contributed by atoms with van der Waals surface area (Å²) >= 11 is 0. The maximum atomic E-state index is 9.36. The average Bonchev–Trinajstić information content (AvgIpc) is 2.65. The number of nitrogens with zero attached hydrogens (tertiary/aromatic N) is 3. The molecule has 0 saturated carbocycles. The van der Waals surface area contributed by atoms with Gasteiger partial charge in [0.1, 0.15) is 17.8 Å². The van der Waals surface area contributed by atoms with Crippen molar-refractivity contribution >= 4 is 5.82 Å². The maximum Gasteiger partial charge on any atom is 0.133 e. The average molecular weight is 189 g/mol. The number of aliphatic hydroxyl groups is 1. The lowest BCUT2D eigenvalue weighted by molar-refractivity contribution is 0.198. The standard InChI is InChI=1S/C10H11N3O/c1-2-8-5-10(12-7-11-8)13-4-3-9(14)6-13/h1,5,7,9,14H,3-4,6H2. The fourth-order valence-electron chi connectivity index (χ4n) is 1.55. The van der Waals surface area contributed by atoms with E-state index >= 15 is 0 Å². The number of hydrogen-bond acceptors (Lipinski definition) is 4. The van der Waals surface area contributed by atoms with Crippen LogP contribution in [0.3, 0.4) is 0 Å². The van der Waals surface area contributed by atoms with E-state index in [0.717, 1.165) is 18.8 Å². The predicted molar refractivity (Wildman–Crippen MR) is 52.8 cm³/mol. The normalized spacial score (nSPS) is 20.9. The zero-order valence-electron chi connectivity index (χ0n) is 7.72. The Morgan fingerprint density at radius 1 is 1.57 bits per heavy atom. The molecule has 1 saturated heterocycles. The van der Waals surface area contributed by atoms with Crippen LogP contribution in [-0.4, -0.2) is 34.3 Å². The van der Waals surface area contributed by atoms with E-state index in [-0.39, 0.29) is 6.10 Å². The fraction of sp³-hybridized carbons (Fsp3) is 0.400. The first-order chi connectivity index (χ1) is 6.79. The first-order valence-electron chi connectivity index (χ1n) is 4.51. The van der Waals surface area contributed by atoms with Crippen molar-refractivity contribution in [3.8, 4) is 12.3 Å². The summed E-state index contributed by atoms with van der Waals surface area (Å²) in [7, 11) is 0. The summed E-state index contributed by atoms with van der Waals surface area (Å²) in [5, 5.41) is 9.36. The lowest BCUT2D eigenvalue weighted by Gasteiger charge is -2.15. The van der Waals surface area contributed by atoms with Crippen LogP contribution in [-0.2, 0) is 0 Å². The molecule has 0 aliphatic carbocycles. The van der Waals surface area contributed by atoms with Crippen molar-refractivity contribution in [3.05, 3.63) is 18.1 Å². The molecule has 0 spiro atoms. The zero-order valence-corrected chi connectivity index (χ0v) is 7.72. The molecule has 72 valence electrons. The van der Waals surface area contributed by atoms with Crippen molar-refractivity contribution in [2.75, 3.05) is 18.0 Å². The van der Waals surface area contributed by atoms with Gasteiger partial charge >= 0.3 is 0 Å². The van der Waals surface area contributed by atoms with E-state index in [0.29, 0.717) is 12.2 Å². The summed E-state index contributed by atoms with van der Waals surface area (Å²) in [6.07, 6.45) is 7.23. The Bertz CT molecular complexity index is 372. The summed E-state index contributed by atoms with van der Waals surface area (Å²) in [4.78, 5) is 10.0. The number of β-amino-alcohol motifs (C(OH)–C–C–N with tert-alkyl or cyclic N) is 1. The first-order valence-corrected chi connectivity index (χ1v) is 4.51. The summed E-state index contributed by atoms with van der Waals surface area (Å²) < 4.78 is 0. The van der Waals surface area contributed by atoms with Crippen LogP contribution in [0.25, 0.3) is 0 Å². The van der Waals surface area contributed by atoms with Gasteiger partial charge in [0.2, 0.25) is 0 Å². The third-order valence-electron chi connectivity index (χ3n) is 2.29. The largest absolute Gasteiger partial charge is 0.391 e. The van der Waals surface area contributed by atoms with Crippen LogP contribution < -0.4 is 4.90 Å². The van der Waals surface area contributed by atoms with Crippen molar-refractivity contribution in [1.82, 2.24) is 9.97 Å². The Morgan fingerprint density at radius 2 is 2.43 bits per heavy atom. The molecule has 0 bridgehead atoms.